The van der Waals surface area contributed by atoms with Gasteiger partial charge in [-0.1, -0.05) is 12.2 Å². The standard InChI is InChI=1S/C10H14O2/c11-8-4-3-5-6-1-2-7(9(5)8)10(6)12/h1-2,5-12H,3-4H2/t5-,6+,7-,8-,9-,10+/m0/s1. The summed E-state index contributed by atoms with van der Waals surface area (Å²) in [6.45, 7) is 0. The monoisotopic (exact) mass is 166 g/mol. The molecule has 2 N–H and O–H groups in total. The molecular weight excluding hydrogens is 152 g/mol. The molecule has 2 heteroatoms. The van der Waals surface area contributed by atoms with Gasteiger partial charge in [-0.05, 0) is 24.7 Å². The summed E-state index contributed by atoms with van der Waals surface area (Å²) in [4.78, 5) is 0. The van der Waals surface area contributed by atoms with E-state index < -0.39 is 0 Å². The molecule has 12 heavy (non-hydrogen) atoms. The molecule has 0 radical (unpaired) electrons. The number of hydrogen-bond acceptors (Lipinski definition) is 2. The molecule has 0 aromatic rings. The van der Waals surface area contributed by atoms with Crippen molar-refractivity contribution >= 4 is 0 Å². The average Bonchev–Trinajstić information content (AvgIpc) is 2.66. The first-order valence-corrected chi connectivity index (χ1v) is 4.83. The SMILES string of the molecule is O[C@H]1[C@H]2C=C[C@@H]1[C@@H]1CC[C@H](O)[C@H]21. The van der Waals surface area contributed by atoms with Crippen LogP contribution >= 0.6 is 0 Å². The molecule has 3 aliphatic carbocycles. The summed E-state index contributed by atoms with van der Waals surface area (Å²) in [6, 6.07) is 0. The number of rotatable bonds is 0. The molecular formula is C10H14O2. The topological polar surface area (TPSA) is 40.5 Å². The maximum Gasteiger partial charge on any atom is 0.0671 e. The van der Waals surface area contributed by atoms with Crippen LogP contribution in [0.25, 0.3) is 0 Å². The summed E-state index contributed by atoms with van der Waals surface area (Å²) in [6.07, 6.45) is 5.96. The van der Waals surface area contributed by atoms with Crippen LogP contribution in [0, 0.1) is 23.7 Å². The van der Waals surface area contributed by atoms with Gasteiger partial charge in [-0.2, -0.15) is 0 Å². The minimum atomic E-state index is -0.185. The molecule has 6 atom stereocenters. The minimum Gasteiger partial charge on any atom is -0.393 e. The highest BCUT2D eigenvalue weighted by molar-refractivity contribution is 5.20. The van der Waals surface area contributed by atoms with Crippen LogP contribution in [0.2, 0.25) is 0 Å². The first-order chi connectivity index (χ1) is 5.79. The Morgan fingerprint density at radius 1 is 1.00 bits per heavy atom. The van der Waals surface area contributed by atoms with E-state index in [2.05, 4.69) is 12.2 Å². The lowest BCUT2D eigenvalue weighted by atomic mass is 9.85. The van der Waals surface area contributed by atoms with E-state index >= 15 is 0 Å². The Balaban J connectivity index is 1.98. The third-order valence-electron chi connectivity index (χ3n) is 4.02. The van der Waals surface area contributed by atoms with E-state index in [9.17, 15) is 10.2 Å². The highest BCUT2D eigenvalue weighted by Gasteiger charge is 2.55. The van der Waals surface area contributed by atoms with Crippen LogP contribution in [0.3, 0.4) is 0 Å². The third-order valence-corrected chi connectivity index (χ3v) is 4.02. The van der Waals surface area contributed by atoms with Crippen LogP contribution < -0.4 is 0 Å². The van der Waals surface area contributed by atoms with E-state index in [1.165, 1.54) is 0 Å². The lowest BCUT2D eigenvalue weighted by Gasteiger charge is -2.21. The maximum absolute atomic E-state index is 9.78. The Hall–Kier alpha value is -0.340. The van der Waals surface area contributed by atoms with E-state index in [0.717, 1.165) is 12.8 Å². The van der Waals surface area contributed by atoms with Crippen LogP contribution in [0.15, 0.2) is 12.2 Å². The zero-order valence-electron chi connectivity index (χ0n) is 6.93. The zero-order chi connectivity index (χ0) is 8.29. The van der Waals surface area contributed by atoms with Gasteiger partial charge in [0.05, 0.1) is 12.2 Å². The van der Waals surface area contributed by atoms with Crippen molar-refractivity contribution in [3.63, 3.8) is 0 Å². The largest absolute Gasteiger partial charge is 0.393 e. The lowest BCUT2D eigenvalue weighted by molar-refractivity contribution is 0.0783. The predicted octanol–water partition coefficient (Wildman–Crippen LogP) is 0.550. The molecule has 0 unspecified atom stereocenters. The summed E-state index contributed by atoms with van der Waals surface area (Å²) in [7, 11) is 0. The lowest BCUT2D eigenvalue weighted by Crippen LogP contribution is -2.24. The van der Waals surface area contributed by atoms with E-state index in [1.54, 1.807) is 0 Å². The van der Waals surface area contributed by atoms with Crippen molar-refractivity contribution in [1.82, 2.24) is 0 Å². The van der Waals surface area contributed by atoms with Gasteiger partial charge in [-0.15, -0.1) is 0 Å². The van der Waals surface area contributed by atoms with Crippen LogP contribution in [0.1, 0.15) is 12.8 Å². The fraction of sp³-hybridized carbons (Fsp3) is 0.800. The smallest absolute Gasteiger partial charge is 0.0671 e. The summed E-state index contributed by atoms with van der Waals surface area (Å²) < 4.78 is 0. The van der Waals surface area contributed by atoms with Gasteiger partial charge in [0.2, 0.25) is 0 Å². The molecule has 0 amide bonds. The van der Waals surface area contributed by atoms with Gasteiger partial charge < -0.3 is 10.2 Å². The minimum absolute atomic E-state index is 0.149. The molecule has 0 aliphatic heterocycles. The van der Waals surface area contributed by atoms with Gasteiger partial charge in [0.1, 0.15) is 0 Å². The van der Waals surface area contributed by atoms with Crippen molar-refractivity contribution < 1.29 is 10.2 Å². The highest BCUT2D eigenvalue weighted by Crippen LogP contribution is 2.55. The van der Waals surface area contributed by atoms with Gasteiger partial charge >= 0.3 is 0 Å². The van der Waals surface area contributed by atoms with Gasteiger partial charge in [0.25, 0.3) is 0 Å². The molecule has 0 saturated heterocycles. The second-order valence-electron chi connectivity index (χ2n) is 4.42. The van der Waals surface area contributed by atoms with Crippen molar-refractivity contribution in [2.75, 3.05) is 0 Å². The van der Waals surface area contributed by atoms with E-state index in [1.807, 2.05) is 0 Å². The van der Waals surface area contributed by atoms with E-state index in [4.69, 9.17) is 0 Å². The molecule has 0 heterocycles. The first kappa shape index (κ1) is 7.10. The Morgan fingerprint density at radius 3 is 2.50 bits per heavy atom. The summed E-state index contributed by atoms with van der Waals surface area (Å²) in [5.74, 6) is 1.56. The first-order valence-electron chi connectivity index (χ1n) is 4.83. The second-order valence-corrected chi connectivity index (χ2v) is 4.42. The number of fused-ring (bicyclic) bond motifs is 5. The van der Waals surface area contributed by atoms with Crippen molar-refractivity contribution in [2.24, 2.45) is 23.7 Å². The summed E-state index contributed by atoms with van der Waals surface area (Å²) >= 11 is 0. The van der Waals surface area contributed by atoms with Gasteiger partial charge in [-0.3, -0.25) is 0 Å². The van der Waals surface area contributed by atoms with Crippen LogP contribution in [0.4, 0.5) is 0 Å². The fourth-order valence-electron chi connectivity index (χ4n) is 3.52. The van der Waals surface area contributed by atoms with Gasteiger partial charge in [0, 0.05) is 11.8 Å². The molecule has 0 aromatic carbocycles. The Morgan fingerprint density at radius 2 is 1.75 bits per heavy atom. The Labute approximate surface area is 71.9 Å². The van der Waals surface area contributed by atoms with Crippen molar-refractivity contribution in [2.45, 2.75) is 25.0 Å². The Bertz CT molecular complexity index is 236. The Kier molecular flexibility index (Phi) is 1.25. The molecule has 2 bridgehead atoms. The quantitative estimate of drug-likeness (QED) is 0.516. The van der Waals surface area contributed by atoms with Crippen LogP contribution in [-0.4, -0.2) is 22.4 Å². The van der Waals surface area contributed by atoms with Gasteiger partial charge in [0.15, 0.2) is 0 Å². The molecule has 0 aromatic heterocycles. The third kappa shape index (κ3) is 0.639. The molecule has 66 valence electrons. The molecule has 3 rings (SSSR count). The van der Waals surface area contributed by atoms with E-state index in [0.29, 0.717) is 17.8 Å². The highest BCUT2D eigenvalue weighted by atomic mass is 16.3. The zero-order valence-corrected chi connectivity index (χ0v) is 6.93. The average molecular weight is 166 g/mol. The summed E-state index contributed by atoms with van der Waals surface area (Å²) in [5.41, 5.74) is 0. The van der Waals surface area contributed by atoms with Crippen LogP contribution in [-0.2, 0) is 0 Å². The summed E-state index contributed by atoms with van der Waals surface area (Å²) in [5, 5.41) is 19.5. The maximum atomic E-state index is 9.78. The molecule has 2 saturated carbocycles. The number of hydrogen-bond donors (Lipinski definition) is 2. The number of aliphatic hydroxyl groups is 2. The van der Waals surface area contributed by atoms with Crippen LogP contribution in [0.5, 0.6) is 0 Å². The van der Waals surface area contributed by atoms with Crippen molar-refractivity contribution in [3.8, 4) is 0 Å². The van der Waals surface area contributed by atoms with E-state index in [-0.39, 0.29) is 18.1 Å². The molecule has 2 nitrogen and oxygen atoms in total. The predicted molar refractivity (Wildman–Crippen MR) is 44.3 cm³/mol. The fourth-order valence-corrected chi connectivity index (χ4v) is 3.52. The second kappa shape index (κ2) is 2.12. The van der Waals surface area contributed by atoms with Crippen molar-refractivity contribution in [3.05, 3.63) is 12.2 Å². The van der Waals surface area contributed by atoms with Gasteiger partial charge in [-0.25, -0.2) is 0 Å². The number of aliphatic hydroxyl groups excluding tert-OH is 2. The molecule has 3 aliphatic rings. The molecule has 2 fully saturated rings. The van der Waals surface area contributed by atoms with Crippen molar-refractivity contribution in [1.29, 1.82) is 0 Å². The molecule has 0 spiro atoms. The normalized spacial score (nSPS) is 61.2.